The summed E-state index contributed by atoms with van der Waals surface area (Å²) in [5.41, 5.74) is 6.06. The molecule has 2 aromatic rings. The van der Waals surface area contributed by atoms with Crippen LogP contribution in [0.1, 0.15) is 16.8 Å². The third kappa shape index (κ3) is 2.89. The van der Waals surface area contributed by atoms with Gasteiger partial charge in [-0.25, -0.2) is 4.98 Å². The molecule has 0 aliphatic rings. The fourth-order valence-corrected chi connectivity index (χ4v) is 1.66. The lowest BCUT2D eigenvalue weighted by atomic mass is 10.1. The van der Waals surface area contributed by atoms with Gasteiger partial charge in [0.05, 0.1) is 17.6 Å². The van der Waals surface area contributed by atoms with Crippen molar-refractivity contribution >= 4 is 0 Å². The van der Waals surface area contributed by atoms with Crippen molar-refractivity contribution in [3.63, 3.8) is 0 Å². The summed E-state index contributed by atoms with van der Waals surface area (Å²) in [6, 6.07) is 5.25. The van der Waals surface area contributed by atoms with E-state index in [1.807, 2.05) is 0 Å². The van der Waals surface area contributed by atoms with E-state index in [9.17, 15) is 13.2 Å². The molecule has 1 aromatic carbocycles. The van der Waals surface area contributed by atoms with Gasteiger partial charge in [-0.1, -0.05) is 12.1 Å². The maximum atomic E-state index is 12.5. The molecule has 2 N–H and O–H groups in total. The van der Waals surface area contributed by atoms with Crippen LogP contribution in [0.25, 0.3) is 0 Å². The topological polar surface area (TPSA) is 43.8 Å². The second-order valence-electron chi connectivity index (χ2n) is 3.94. The van der Waals surface area contributed by atoms with Gasteiger partial charge >= 0.3 is 6.18 Å². The highest BCUT2D eigenvalue weighted by atomic mass is 19.4. The minimum Gasteiger partial charge on any atom is -0.333 e. The van der Waals surface area contributed by atoms with Crippen molar-refractivity contribution in [2.45, 2.75) is 19.3 Å². The zero-order chi connectivity index (χ0) is 13.2. The van der Waals surface area contributed by atoms with Crippen molar-refractivity contribution in [2.75, 3.05) is 0 Å². The molecule has 6 heteroatoms. The number of hydrogen-bond acceptors (Lipinski definition) is 2. The molecule has 0 saturated heterocycles. The Balaban J connectivity index is 2.19. The van der Waals surface area contributed by atoms with Crippen LogP contribution in [0.3, 0.4) is 0 Å². The minimum absolute atomic E-state index is 0.315. The van der Waals surface area contributed by atoms with E-state index < -0.39 is 11.7 Å². The molecular weight excluding hydrogens is 243 g/mol. The van der Waals surface area contributed by atoms with Gasteiger partial charge in [0.1, 0.15) is 0 Å². The number of imidazole rings is 1. The lowest BCUT2D eigenvalue weighted by Crippen LogP contribution is -2.06. The summed E-state index contributed by atoms with van der Waals surface area (Å²) in [6.07, 6.45) is -1.03. The van der Waals surface area contributed by atoms with Crippen LogP contribution in [0.15, 0.2) is 36.8 Å². The molecule has 0 amide bonds. The van der Waals surface area contributed by atoms with Gasteiger partial charge in [-0.2, -0.15) is 13.2 Å². The third-order valence-corrected chi connectivity index (χ3v) is 2.52. The van der Waals surface area contributed by atoms with E-state index >= 15 is 0 Å². The molecule has 0 unspecified atom stereocenters. The molecule has 0 aliphatic carbocycles. The van der Waals surface area contributed by atoms with Crippen LogP contribution in [0.2, 0.25) is 0 Å². The second kappa shape index (κ2) is 4.81. The SMILES string of the molecule is NCc1cn(Cc2cccc(C(F)(F)F)c2)cn1. The predicted octanol–water partition coefficient (Wildman–Crippen LogP) is 2.41. The number of nitrogens with two attached hydrogens (primary N) is 1. The fourth-order valence-electron chi connectivity index (χ4n) is 1.66. The van der Waals surface area contributed by atoms with Gasteiger partial charge in [0.15, 0.2) is 0 Å². The smallest absolute Gasteiger partial charge is 0.333 e. The lowest BCUT2D eigenvalue weighted by molar-refractivity contribution is -0.137. The number of rotatable bonds is 3. The molecule has 0 radical (unpaired) electrons. The van der Waals surface area contributed by atoms with E-state index in [0.717, 1.165) is 12.1 Å². The van der Waals surface area contributed by atoms with Gasteiger partial charge in [0, 0.05) is 19.3 Å². The first-order valence-corrected chi connectivity index (χ1v) is 5.36. The van der Waals surface area contributed by atoms with Crippen molar-refractivity contribution in [2.24, 2.45) is 5.73 Å². The third-order valence-electron chi connectivity index (χ3n) is 2.52. The molecule has 2 rings (SSSR count). The number of aromatic nitrogens is 2. The average molecular weight is 255 g/mol. The first-order chi connectivity index (χ1) is 8.49. The van der Waals surface area contributed by atoms with E-state index in [2.05, 4.69) is 4.98 Å². The van der Waals surface area contributed by atoms with Crippen LogP contribution in [0.4, 0.5) is 13.2 Å². The number of halogens is 3. The number of hydrogen-bond donors (Lipinski definition) is 1. The first-order valence-electron chi connectivity index (χ1n) is 5.36. The molecule has 0 fully saturated rings. The van der Waals surface area contributed by atoms with Gasteiger partial charge in [0.25, 0.3) is 0 Å². The summed E-state index contributed by atoms with van der Waals surface area (Å²) in [4.78, 5) is 4.02. The highest BCUT2D eigenvalue weighted by Gasteiger charge is 2.30. The molecule has 18 heavy (non-hydrogen) atoms. The van der Waals surface area contributed by atoms with Crippen molar-refractivity contribution in [3.05, 3.63) is 53.6 Å². The van der Waals surface area contributed by atoms with Crippen molar-refractivity contribution in [1.29, 1.82) is 0 Å². The Hall–Kier alpha value is -1.82. The number of nitrogens with zero attached hydrogens (tertiary/aromatic N) is 2. The van der Waals surface area contributed by atoms with E-state index in [0.29, 0.717) is 24.3 Å². The fraction of sp³-hybridized carbons (Fsp3) is 0.250. The summed E-state index contributed by atoms with van der Waals surface area (Å²) >= 11 is 0. The van der Waals surface area contributed by atoms with Crippen LogP contribution in [-0.2, 0) is 19.3 Å². The number of benzene rings is 1. The van der Waals surface area contributed by atoms with Gasteiger partial charge in [-0.05, 0) is 17.7 Å². The Labute approximate surface area is 102 Å². The molecule has 0 saturated carbocycles. The molecule has 96 valence electrons. The van der Waals surface area contributed by atoms with Crippen LogP contribution in [0, 0.1) is 0 Å². The molecule has 3 nitrogen and oxygen atoms in total. The maximum Gasteiger partial charge on any atom is 0.416 e. The van der Waals surface area contributed by atoms with E-state index in [-0.39, 0.29) is 0 Å². The average Bonchev–Trinajstić information content (AvgIpc) is 2.76. The Bertz CT molecular complexity index is 531. The van der Waals surface area contributed by atoms with Crippen LogP contribution in [-0.4, -0.2) is 9.55 Å². The van der Waals surface area contributed by atoms with Crippen molar-refractivity contribution < 1.29 is 13.2 Å². The number of alkyl halides is 3. The molecule has 0 spiro atoms. The van der Waals surface area contributed by atoms with Gasteiger partial charge < -0.3 is 10.3 Å². The monoisotopic (exact) mass is 255 g/mol. The standard InChI is InChI=1S/C12H12F3N3/c13-12(14,15)10-3-1-2-9(4-10)6-18-7-11(5-16)17-8-18/h1-4,7-8H,5-6,16H2. The van der Waals surface area contributed by atoms with Crippen LogP contribution >= 0.6 is 0 Å². The summed E-state index contributed by atoms with van der Waals surface area (Å²) in [5, 5.41) is 0. The first kappa shape index (κ1) is 12.6. The van der Waals surface area contributed by atoms with E-state index in [1.54, 1.807) is 23.2 Å². The van der Waals surface area contributed by atoms with Gasteiger partial charge in [-0.15, -0.1) is 0 Å². The van der Waals surface area contributed by atoms with Gasteiger partial charge in [-0.3, -0.25) is 0 Å². The second-order valence-corrected chi connectivity index (χ2v) is 3.94. The normalized spacial score (nSPS) is 11.8. The van der Waals surface area contributed by atoms with Gasteiger partial charge in [0.2, 0.25) is 0 Å². The summed E-state index contributed by atoms with van der Waals surface area (Å²) in [7, 11) is 0. The summed E-state index contributed by atoms with van der Waals surface area (Å²) < 4.78 is 39.3. The predicted molar refractivity (Wildman–Crippen MR) is 60.7 cm³/mol. The Kier molecular flexibility index (Phi) is 3.38. The molecule has 1 aromatic heterocycles. The zero-order valence-electron chi connectivity index (χ0n) is 9.48. The van der Waals surface area contributed by atoms with Crippen molar-refractivity contribution in [1.82, 2.24) is 9.55 Å². The molecule has 1 heterocycles. The van der Waals surface area contributed by atoms with Crippen LogP contribution in [0.5, 0.6) is 0 Å². The highest BCUT2D eigenvalue weighted by molar-refractivity contribution is 5.26. The highest BCUT2D eigenvalue weighted by Crippen LogP contribution is 2.29. The largest absolute Gasteiger partial charge is 0.416 e. The maximum absolute atomic E-state index is 12.5. The Morgan fingerprint density at radius 3 is 2.67 bits per heavy atom. The molecule has 0 aliphatic heterocycles. The lowest BCUT2D eigenvalue weighted by Gasteiger charge is -2.09. The Morgan fingerprint density at radius 2 is 2.06 bits per heavy atom. The minimum atomic E-state index is -4.31. The Morgan fingerprint density at radius 1 is 1.28 bits per heavy atom. The molecular formula is C12H12F3N3. The van der Waals surface area contributed by atoms with E-state index in [4.69, 9.17) is 5.73 Å². The summed E-state index contributed by atoms with van der Waals surface area (Å²) in [6.45, 7) is 0.659. The molecule has 0 atom stereocenters. The quantitative estimate of drug-likeness (QED) is 0.915. The summed E-state index contributed by atoms with van der Waals surface area (Å²) in [5.74, 6) is 0. The zero-order valence-corrected chi connectivity index (χ0v) is 9.48. The molecule has 0 bridgehead atoms. The van der Waals surface area contributed by atoms with Crippen LogP contribution < -0.4 is 5.73 Å². The van der Waals surface area contributed by atoms with E-state index in [1.165, 1.54) is 6.07 Å². The van der Waals surface area contributed by atoms with Crippen molar-refractivity contribution in [3.8, 4) is 0 Å².